The lowest BCUT2D eigenvalue weighted by Gasteiger charge is -2.47. The number of pyridine rings is 2. The molecule has 4 aromatic rings. The highest BCUT2D eigenvalue weighted by Crippen LogP contribution is 2.61. The fourth-order valence-corrected chi connectivity index (χ4v) is 13.2. The number of morpholine rings is 2. The van der Waals surface area contributed by atoms with E-state index in [9.17, 15) is 19.2 Å². The highest BCUT2D eigenvalue weighted by Gasteiger charge is 2.57. The maximum absolute atomic E-state index is 14.9. The molecule has 6 heterocycles. The third-order valence-electron chi connectivity index (χ3n) is 18.7. The maximum Gasteiger partial charge on any atom is 0.270 e. The molecule has 74 heavy (non-hydrogen) atoms. The Balaban J connectivity index is 0.813. The Labute approximate surface area is 434 Å². The molecule has 7 fully saturated rings. The van der Waals surface area contributed by atoms with Crippen molar-refractivity contribution in [2.24, 2.45) is 53.4 Å². The zero-order valence-electron chi connectivity index (χ0n) is 43.9. The average molecular weight is 1010 g/mol. The van der Waals surface area contributed by atoms with Crippen molar-refractivity contribution in [3.05, 3.63) is 72.6 Å². The minimum atomic E-state index is -0.871. The van der Waals surface area contributed by atoms with Gasteiger partial charge in [0.1, 0.15) is 35.1 Å². The van der Waals surface area contributed by atoms with Crippen molar-refractivity contribution in [2.75, 3.05) is 60.0 Å². The fraction of sp³-hybridized carbons (Fsp3) is 0.643. The van der Waals surface area contributed by atoms with E-state index in [0.29, 0.717) is 73.6 Å². The smallest absolute Gasteiger partial charge is 0.270 e. The molecular weight excluding hydrogens is 937 g/mol. The number of aryl methyl sites for hydroxylation is 1. The molecule has 4 aromatic heterocycles. The van der Waals surface area contributed by atoms with Gasteiger partial charge in [0.25, 0.3) is 11.8 Å². The molecule has 5 unspecified atom stereocenters. The van der Waals surface area contributed by atoms with E-state index in [0.717, 1.165) is 82.5 Å². The molecule has 18 nitrogen and oxygen atoms in total. The lowest BCUT2D eigenvalue weighted by Crippen LogP contribution is -2.56. The Hall–Kier alpha value is -5.88. The second-order valence-electron chi connectivity index (χ2n) is 24.0. The Kier molecular flexibility index (Phi) is 13.8. The summed E-state index contributed by atoms with van der Waals surface area (Å²) in [5, 5.41) is 21.8. The van der Waals surface area contributed by atoms with Crippen molar-refractivity contribution >= 4 is 46.6 Å². The summed E-state index contributed by atoms with van der Waals surface area (Å²) in [6.07, 6.45) is 19.1. The minimum Gasteiger partial charge on any atom is -0.377 e. The molecule has 0 spiro atoms. The number of rotatable bonds is 19. The summed E-state index contributed by atoms with van der Waals surface area (Å²) in [6, 6.07) is 9.78. The molecule has 5 aliphatic carbocycles. The van der Waals surface area contributed by atoms with Gasteiger partial charge in [-0.1, -0.05) is 39.5 Å². The van der Waals surface area contributed by atoms with Gasteiger partial charge in [-0.3, -0.25) is 28.5 Å². The van der Waals surface area contributed by atoms with Gasteiger partial charge < -0.3 is 40.5 Å². The Morgan fingerprint density at radius 2 is 1.30 bits per heavy atom. The van der Waals surface area contributed by atoms with Crippen LogP contribution in [0.1, 0.15) is 126 Å². The van der Waals surface area contributed by atoms with Gasteiger partial charge in [0, 0.05) is 39.1 Å². The van der Waals surface area contributed by atoms with Crippen LogP contribution in [-0.4, -0.2) is 116 Å². The van der Waals surface area contributed by atoms with Crippen LogP contribution in [0.4, 0.5) is 23.0 Å². The molecule has 7 aliphatic rings. The number of anilines is 4. The lowest BCUT2D eigenvalue weighted by atomic mass is 9.60. The van der Waals surface area contributed by atoms with Crippen molar-refractivity contribution in [1.82, 2.24) is 40.2 Å². The van der Waals surface area contributed by atoms with Crippen LogP contribution in [-0.2, 0) is 32.7 Å². The van der Waals surface area contributed by atoms with Gasteiger partial charge in [0.2, 0.25) is 11.8 Å². The van der Waals surface area contributed by atoms with Crippen molar-refractivity contribution in [1.29, 1.82) is 0 Å². The van der Waals surface area contributed by atoms with Crippen LogP contribution in [0, 0.1) is 46.3 Å². The van der Waals surface area contributed by atoms with Crippen LogP contribution >= 0.6 is 0 Å². The Bertz CT molecular complexity index is 2670. The molecule has 18 heteroatoms. The molecule has 5 saturated carbocycles. The second-order valence-corrected chi connectivity index (χ2v) is 24.0. The van der Waals surface area contributed by atoms with Crippen LogP contribution < -0.4 is 31.1 Å². The lowest BCUT2D eigenvalue weighted by molar-refractivity contribution is -0.122. The van der Waals surface area contributed by atoms with E-state index in [1.54, 1.807) is 48.6 Å². The van der Waals surface area contributed by atoms with Crippen molar-refractivity contribution in [2.45, 2.75) is 135 Å². The van der Waals surface area contributed by atoms with E-state index in [2.05, 4.69) is 63.9 Å². The molecule has 4 amide bonds. The Morgan fingerprint density at radius 3 is 1.85 bits per heavy atom. The highest BCUT2D eigenvalue weighted by atomic mass is 16.5. The van der Waals surface area contributed by atoms with Gasteiger partial charge >= 0.3 is 0 Å². The molecule has 2 aliphatic heterocycles. The number of aromatic nitrogens is 6. The van der Waals surface area contributed by atoms with Crippen molar-refractivity contribution < 1.29 is 28.7 Å². The Morgan fingerprint density at radius 1 is 0.689 bits per heavy atom. The molecule has 11 rings (SSSR count). The topological polar surface area (TPSA) is 203 Å². The van der Waals surface area contributed by atoms with Gasteiger partial charge in [-0.15, -0.1) is 0 Å². The summed E-state index contributed by atoms with van der Waals surface area (Å²) < 4.78 is 14.9. The standard InChI is InChI=1S/C56H76N12O6/c1-54(2)34-74-29-27-67(54)45-17-14-39(31-58-45)61-52(71)48(46(36-10-7-11-36)55(3)20-21-55)63-51(70)42-19-25-60-68(42)32-37-12-15-40(37)47(56(4)22-23-56)49(64-50(69)41-18-24-59-65(41)5)53(72)62-38-13-16-44(57-30-38)66-26-28-73-33-43(66)35-8-6-9-35/h13-14,16-19,24-25,30-31,35-37,40,43,46-49H,6-12,15,20-23,26-29,32-34H2,1-5H3,(H,61,71)(H,62,72)(H,63,70)(H,64,69)/t37?,40?,43?,46?,47?,48-,49-/m0/s1. The molecule has 0 bridgehead atoms. The third-order valence-corrected chi connectivity index (χ3v) is 18.7. The molecular formula is C56H76N12O6. The first-order valence-electron chi connectivity index (χ1n) is 27.5. The summed E-state index contributed by atoms with van der Waals surface area (Å²) in [5.74, 6) is 1.27. The molecule has 0 aromatic carbocycles. The number of nitrogens with one attached hydrogen (secondary N) is 4. The van der Waals surface area contributed by atoms with Gasteiger partial charge in [-0.25, -0.2) is 9.97 Å². The number of hydrogen-bond acceptors (Lipinski definition) is 12. The molecule has 2 saturated heterocycles. The van der Waals surface area contributed by atoms with E-state index in [-0.39, 0.29) is 63.7 Å². The first-order chi connectivity index (χ1) is 35.7. The van der Waals surface area contributed by atoms with Gasteiger partial charge in [-0.05, 0) is 148 Å². The van der Waals surface area contributed by atoms with E-state index in [1.165, 1.54) is 23.9 Å². The van der Waals surface area contributed by atoms with E-state index >= 15 is 0 Å². The van der Waals surface area contributed by atoms with Crippen LogP contribution in [0.2, 0.25) is 0 Å². The number of hydrogen-bond donors (Lipinski definition) is 4. The van der Waals surface area contributed by atoms with Gasteiger partial charge in [0.15, 0.2) is 0 Å². The largest absolute Gasteiger partial charge is 0.377 e. The number of carbonyl (C=O) groups is 4. The predicted octanol–water partition coefficient (Wildman–Crippen LogP) is 6.86. The fourth-order valence-electron chi connectivity index (χ4n) is 13.2. The van der Waals surface area contributed by atoms with Crippen LogP contribution in [0.15, 0.2) is 61.2 Å². The summed E-state index contributed by atoms with van der Waals surface area (Å²) in [7, 11) is 1.72. The summed E-state index contributed by atoms with van der Waals surface area (Å²) >= 11 is 0. The molecule has 4 N–H and O–H groups in total. The highest BCUT2D eigenvalue weighted by molar-refractivity contribution is 6.02. The number of ether oxygens (including phenoxy) is 2. The van der Waals surface area contributed by atoms with Crippen LogP contribution in [0.3, 0.4) is 0 Å². The summed E-state index contributed by atoms with van der Waals surface area (Å²) in [5.41, 5.74) is 1.44. The van der Waals surface area contributed by atoms with E-state index < -0.39 is 12.1 Å². The molecule has 0 radical (unpaired) electrons. The first-order valence-corrected chi connectivity index (χ1v) is 27.5. The monoisotopic (exact) mass is 1010 g/mol. The number of nitrogens with zero attached hydrogens (tertiary/aromatic N) is 8. The maximum atomic E-state index is 14.9. The minimum absolute atomic E-state index is 0.0264. The van der Waals surface area contributed by atoms with Gasteiger partial charge in [-0.2, -0.15) is 10.2 Å². The van der Waals surface area contributed by atoms with Crippen LogP contribution in [0.5, 0.6) is 0 Å². The zero-order chi connectivity index (χ0) is 51.4. The van der Waals surface area contributed by atoms with Crippen LogP contribution in [0.25, 0.3) is 0 Å². The first kappa shape index (κ1) is 50.3. The summed E-state index contributed by atoms with van der Waals surface area (Å²) in [6.45, 7) is 13.3. The average Bonchev–Trinajstić information content (AvgIpc) is 4.15. The molecule has 396 valence electrons. The normalized spacial score (nSPS) is 25.4. The number of amides is 4. The zero-order valence-corrected chi connectivity index (χ0v) is 43.9. The molecule has 7 atom stereocenters. The second kappa shape index (κ2) is 20.3. The summed E-state index contributed by atoms with van der Waals surface area (Å²) in [4.78, 5) is 72.6. The number of carbonyl (C=O) groups excluding carboxylic acids is 4. The van der Waals surface area contributed by atoms with Gasteiger partial charge in [0.05, 0.1) is 61.8 Å². The third kappa shape index (κ3) is 10.2. The predicted molar refractivity (Wildman–Crippen MR) is 280 cm³/mol. The SMILES string of the molecule is Cn1nccc1C(=O)N[C@H](C(=O)Nc1ccc(N2CCOCC2C2CCC2)nc1)C(C1CCC1Cn1nccc1C(=O)N[C@H](C(=O)Nc1ccc(N2CCOCC2(C)C)nc1)C(C1CCC1)C1(C)CC1)C1(C)CC1. The van der Waals surface area contributed by atoms with Crippen molar-refractivity contribution in [3.63, 3.8) is 0 Å². The van der Waals surface area contributed by atoms with E-state index in [1.807, 2.05) is 24.3 Å². The van der Waals surface area contributed by atoms with E-state index in [4.69, 9.17) is 24.5 Å². The van der Waals surface area contributed by atoms with Crippen molar-refractivity contribution in [3.8, 4) is 0 Å². The quantitative estimate of drug-likeness (QED) is 0.0762.